The van der Waals surface area contributed by atoms with Crippen molar-refractivity contribution in [2.45, 2.75) is 13.8 Å². The summed E-state index contributed by atoms with van der Waals surface area (Å²) in [6.45, 7) is 0.999. The Balaban J connectivity index is 3.58. The van der Waals surface area contributed by atoms with Gasteiger partial charge in [-0.25, -0.2) is 0 Å². The molecule has 0 saturated heterocycles. The summed E-state index contributed by atoms with van der Waals surface area (Å²) in [6.07, 6.45) is 0. The van der Waals surface area contributed by atoms with E-state index in [1.54, 1.807) is 13.8 Å². The average molecular weight is 169 g/mol. The molecule has 0 aromatic rings. The van der Waals surface area contributed by atoms with E-state index in [1.807, 2.05) is 0 Å². The van der Waals surface area contributed by atoms with Gasteiger partial charge in [-0.05, 0) is 25.7 Å². The van der Waals surface area contributed by atoms with E-state index in [1.165, 1.54) is 0 Å². The van der Waals surface area contributed by atoms with Crippen LogP contribution in [0.5, 0.6) is 0 Å². The smallest absolute Gasteiger partial charge is 0.307 e. The maximum atomic E-state index is 10.8. The molecule has 3 nitrogen and oxygen atoms in total. The molecule has 55 valence electrons. The summed E-state index contributed by atoms with van der Waals surface area (Å²) in [6, 6.07) is 0. The van der Waals surface area contributed by atoms with E-state index >= 15 is 0 Å². The molecule has 0 fully saturated rings. The van der Waals surface area contributed by atoms with Crippen LogP contribution in [0.2, 0.25) is 0 Å². The van der Waals surface area contributed by atoms with Crippen LogP contribution in [0.15, 0.2) is 0 Å². The number of hydrogen-bond acceptors (Lipinski definition) is 3. The van der Waals surface area contributed by atoms with E-state index in [-0.39, 0.29) is 0 Å². The minimum Gasteiger partial charge on any atom is -0.307 e. The fraction of sp³-hybridized carbons (Fsp3) is 1.00. The Hall–Kier alpha value is 0.530. The highest BCUT2D eigenvalue weighted by atomic mass is 32.5. The van der Waals surface area contributed by atoms with Crippen LogP contribution >= 0.6 is 6.72 Å². The van der Waals surface area contributed by atoms with Gasteiger partial charge in [0.25, 0.3) is 0 Å². The van der Waals surface area contributed by atoms with Gasteiger partial charge in [0.1, 0.15) is 0 Å². The van der Waals surface area contributed by atoms with Gasteiger partial charge in [-0.15, -0.1) is 4.89 Å². The molecule has 0 heterocycles. The second kappa shape index (κ2) is 4.36. The lowest BCUT2D eigenvalue weighted by atomic mass is 10.9. The Labute approximate surface area is 60.2 Å². The minimum absolute atomic E-state index is 0.334. The van der Waals surface area contributed by atoms with Crippen LogP contribution in [-0.4, -0.2) is 13.2 Å². The van der Waals surface area contributed by atoms with Gasteiger partial charge < -0.3 is 9.05 Å². The molecule has 0 atom stereocenters. The zero-order valence-electron chi connectivity index (χ0n) is 5.49. The zero-order chi connectivity index (χ0) is 7.33. The Morgan fingerprint density at radius 1 is 1.33 bits per heavy atom. The highest BCUT2D eigenvalue weighted by Crippen LogP contribution is 2.44. The first kappa shape index (κ1) is 9.53. The summed E-state index contributed by atoms with van der Waals surface area (Å²) in [4.78, 5) is 10.8. The van der Waals surface area contributed by atoms with E-state index in [2.05, 4.69) is 20.9 Å². The van der Waals surface area contributed by atoms with E-state index in [9.17, 15) is 4.89 Å². The van der Waals surface area contributed by atoms with Gasteiger partial charge in [0.15, 0.2) is 0 Å². The molecule has 5 heteroatoms. The molecule has 0 aliphatic rings. The van der Waals surface area contributed by atoms with Crippen LogP contribution in [0.4, 0.5) is 0 Å². The Morgan fingerprint density at radius 2 is 1.67 bits per heavy atom. The molecular weight excluding hydrogens is 159 g/mol. The predicted molar refractivity (Wildman–Crippen MR) is 38.2 cm³/mol. The Bertz CT molecular complexity index is 106. The molecule has 0 unspecified atom stereocenters. The van der Waals surface area contributed by atoms with Crippen molar-refractivity contribution in [3.8, 4) is 0 Å². The molecule has 0 aliphatic heterocycles. The van der Waals surface area contributed by atoms with E-state index < -0.39 is 6.72 Å². The van der Waals surface area contributed by atoms with Gasteiger partial charge in [-0.3, -0.25) is 0 Å². The molecule has 0 aromatic carbocycles. The van der Waals surface area contributed by atoms with Crippen LogP contribution < -0.4 is 0 Å². The lowest BCUT2D eigenvalue weighted by molar-refractivity contribution is 0.189. The topological polar surface area (TPSA) is 38.4 Å². The molecular formula is C4H10O3PS. The predicted octanol–water partition coefficient (Wildman–Crippen LogP) is 1.71. The first-order chi connectivity index (χ1) is 4.12. The maximum Gasteiger partial charge on any atom is 0.356 e. The van der Waals surface area contributed by atoms with E-state index in [0.717, 1.165) is 0 Å². The normalized spacial score (nSPS) is 11.9. The van der Waals surface area contributed by atoms with Crippen LogP contribution in [0.3, 0.4) is 0 Å². The van der Waals surface area contributed by atoms with Gasteiger partial charge in [0.2, 0.25) is 0 Å². The standard InChI is InChI=1S/C4H10O3PS/c1-3-6-8(5,9)7-4-2/h3-4H2,1-2H3. The van der Waals surface area contributed by atoms with E-state index in [0.29, 0.717) is 13.2 Å². The number of rotatable bonds is 4. The third-order valence-electron chi connectivity index (χ3n) is 0.574. The van der Waals surface area contributed by atoms with Crippen molar-refractivity contribution in [2.24, 2.45) is 0 Å². The fourth-order valence-corrected chi connectivity index (χ4v) is 1.69. The largest absolute Gasteiger partial charge is 0.356 e. The summed E-state index contributed by atoms with van der Waals surface area (Å²) in [7, 11) is 0. The Morgan fingerprint density at radius 3 is 1.89 bits per heavy atom. The van der Waals surface area contributed by atoms with Crippen molar-refractivity contribution >= 4 is 18.5 Å². The first-order valence-corrected chi connectivity index (χ1v) is 5.28. The molecule has 0 rings (SSSR count). The zero-order valence-corrected chi connectivity index (χ0v) is 7.21. The molecule has 0 saturated carbocycles. The third kappa shape index (κ3) is 5.00. The van der Waals surface area contributed by atoms with Gasteiger partial charge >= 0.3 is 6.72 Å². The SMILES string of the molecule is CCOP([O])(=S)OCC. The van der Waals surface area contributed by atoms with Crippen molar-refractivity contribution in [1.29, 1.82) is 0 Å². The minimum atomic E-state index is -3.11. The lowest BCUT2D eigenvalue weighted by Gasteiger charge is -2.09. The molecule has 0 aliphatic carbocycles. The lowest BCUT2D eigenvalue weighted by Crippen LogP contribution is -1.91. The number of hydrogen-bond donors (Lipinski definition) is 0. The summed E-state index contributed by atoms with van der Waals surface area (Å²) in [5.74, 6) is 0. The van der Waals surface area contributed by atoms with Crippen molar-refractivity contribution < 1.29 is 13.9 Å². The van der Waals surface area contributed by atoms with E-state index in [4.69, 9.17) is 0 Å². The average Bonchev–Trinajstić information content (AvgIpc) is 1.64. The van der Waals surface area contributed by atoms with Crippen LogP contribution in [0, 0.1) is 0 Å². The second-order valence-corrected chi connectivity index (χ2v) is 4.04. The van der Waals surface area contributed by atoms with Crippen LogP contribution in [-0.2, 0) is 25.7 Å². The van der Waals surface area contributed by atoms with Crippen molar-refractivity contribution in [1.82, 2.24) is 0 Å². The summed E-state index contributed by atoms with van der Waals surface area (Å²) in [5.41, 5.74) is 0. The quantitative estimate of drug-likeness (QED) is 0.601. The molecule has 9 heavy (non-hydrogen) atoms. The van der Waals surface area contributed by atoms with Gasteiger partial charge in [0, 0.05) is 0 Å². The summed E-state index contributed by atoms with van der Waals surface area (Å²) < 4.78 is 9.24. The fourth-order valence-electron chi connectivity index (χ4n) is 0.353. The third-order valence-corrected chi connectivity index (χ3v) is 2.36. The first-order valence-electron chi connectivity index (χ1n) is 2.72. The second-order valence-electron chi connectivity index (χ2n) is 1.28. The summed E-state index contributed by atoms with van der Waals surface area (Å²) >= 11 is 4.45. The molecule has 0 N–H and O–H groups in total. The van der Waals surface area contributed by atoms with Crippen molar-refractivity contribution in [3.63, 3.8) is 0 Å². The molecule has 0 bridgehead atoms. The maximum absolute atomic E-state index is 10.8. The van der Waals surface area contributed by atoms with Gasteiger partial charge in [0.05, 0.1) is 13.2 Å². The van der Waals surface area contributed by atoms with Crippen molar-refractivity contribution in [2.75, 3.05) is 13.2 Å². The Kier molecular flexibility index (Phi) is 4.62. The highest BCUT2D eigenvalue weighted by Gasteiger charge is 2.13. The highest BCUT2D eigenvalue weighted by molar-refractivity contribution is 8.07. The van der Waals surface area contributed by atoms with Gasteiger partial charge in [-0.1, -0.05) is 0 Å². The monoisotopic (exact) mass is 169 g/mol. The molecule has 0 amide bonds. The molecule has 0 spiro atoms. The van der Waals surface area contributed by atoms with Crippen molar-refractivity contribution in [3.05, 3.63) is 0 Å². The van der Waals surface area contributed by atoms with Crippen LogP contribution in [0.1, 0.15) is 13.8 Å². The summed E-state index contributed by atoms with van der Waals surface area (Å²) in [5, 5.41) is 0. The molecule has 1 radical (unpaired) electrons. The molecule has 0 aromatic heterocycles. The van der Waals surface area contributed by atoms with Gasteiger partial charge in [-0.2, -0.15) is 0 Å². The van der Waals surface area contributed by atoms with Crippen LogP contribution in [0.25, 0.3) is 0 Å².